The number of hydrogen-bond donors (Lipinski definition) is 5. The second-order valence-electron chi connectivity index (χ2n) is 5.86. The molecule has 1 atom stereocenters. The molecule has 6 N–H and O–H groups in total. The molecule has 1 aromatic heterocycles. The average Bonchev–Trinajstić information content (AvgIpc) is 3.17. The van der Waals surface area contributed by atoms with E-state index in [1.54, 1.807) is 0 Å². The maximum Gasteiger partial charge on any atom is 0.267 e. The van der Waals surface area contributed by atoms with Crippen molar-refractivity contribution in [2.24, 2.45) is 11.1 Å². The summed E-state index contributed by atoms with van der Waals surface area (Å²) in [5, 5.41) is 15.1. The van der Waals surface area contributed by atoms with Crippen LogP contribution in [0.3, 0.4) is 0 Å². The molecule has 23 heavy (non-hydrogen) atoms. The van der Waals surface area contributed by atoms with Gasteiger partial charge in [0.05, 0.1) is 6.10 Å². The first-order valence-corrected chi connectivity index (χ1v) is 7.61. The number of hydrogen-bond acceptors (Lipinski definition) is 4. The summed E-state index contributed by atoms with van der Waals surface area (Å²) in [6, 6.07) is 2.84. The van der Waals surface area contributed by atoms with Gasteiger partial charge in [-0.3, -0.25) is 14.4 Å². The summed E-state index contributed by atoms with van der Waals surface area (Å²) in [6.45, 7) is 2.04. The Hall–Kier alpha value is -2.35. The molecule has 1 saturated carbocycles. The Morgan fingerprint density at radius 1 is 1.26 bits per heavy atom. The van der Waals surface area contributed by atoms with E-state index in [0.717, 1.165) is 19.3 Å². The maximum atomic E-state index is 11.9. The van der Waals surface area contributed by atoms with Gasteiger partial charge in [0.1, 0.15) is 11.4 Å². The molecule has 1 aromatic rings. The number of carbonyl (C=O) groups is 3. The van der Waals surface area contributed by atoms with Crippen LogP contribution in [0.25, 0.3) is 0 Å². The Bertz CT molecular complexity index is 606. The van der Waals surface area contributed by atoms with E-state index in [4.69, 9.17) is 5.73 Å². The summed E-state index contributed by atoms with van der Waals surface area (Å²) in [4.78, 5) is 37.3. The highest BCUT2D eigenvalue weighted by Crippen LogP contribution is 2.48. The van der Waals surface area contributed by atoms with Gasteiger partial charge in [0.15, 0.2) is 0 Å². The summed E-state index contributed by atoms with van der Waals surface area (Å²) < 4.78 is 0. The standard InChI is InChI=1S/C15H22N4O4/c1-2-15(5-6-15)14(23)18-8-9(20)7-17-13(22)11-4-3-10(19-11)12(16)21/h3-4,9,19-20H,2,5-8H2,1H3,(H2,16,21)(H,17,22)(H,18,23). The fourth-order valence-electron chi connectivity index (χ4n) is 2.34. The highest BCUT2D eigenvalue weighted by atomic mass is 16.3. The van der Waals surface area contributed by atoms with E-state index in [1.807, 2.05) is 6.92 Å². The molecule has 1 unspecified atom stereocenters. The molecule has 3 amide bonds. The number of carbonyl (C=O) groups excluding carboxylic acids is 3. The third-order valence-electron chi connectivity index (χ3n) is 4.20. The van der Waals surface area contributed by atoms with E-state index >= 15 is 0 Å². The van der Waals surface area contributed by atoms with E-state index in [1.165, 1.54) is 12.1 Å². The van der Waals surface area contributed by atoms with Gasteiger partial charge in [-0.2, -0.15) is 0 Å². The van der Waals surface area contributed by atoms with Crippen molar-refractivity contribution < 1.29 is 19.5 Å². The lowest BCUT2D eigenvalue weighted by molar-refractivity contribution is -0.126. The SMILES string of the molecule is CCC1(C(=O)NCC(O)CNC(=O)c2ccc(C(N)=O)[nH]2)CC1. The Morgan fingerprint density at radius 2 is 1.87 bits per heavy atom. The molecular weight excluding hydrogens is 300 g/mol. The summed E-state index contributed by atoms with van der Waals surface area (Å²) in [7, 11) is 0. The first-order chi connectivity index (χ1) is 10.9. The van der Waals surface area contributed by atoms with Crippen LogP contribution in [0.5, 0.6) is 0 Å². The molecule has 0 aliphatic heterocycles. The molecular formula is C15H22N4O4. The van der Waals surface area contributed by atoms with Gasteiger partial charge in [-0.15, -0.1) is 0 Å². The fourth-order valence-corrected chi connectivity index (χ4v) is 2.34. The normalized spacial score (nSPS) is 16.4. The van der Waals surface area contributed by atoms with Crippen LogP contribution in [0.4, 0.5) is 0 Å². The van der Waals surface area contributed by atoms with Crippen LogP contribution < -0.4 is 16.4 Å². The van der Waals surface area contributed by atoms with Crippen molar-refractivity contribution in [3.05, 3.63) is 23.5 Å². The number of aromatic amines is 1. The Morgan fingerprint density at radius 3 is 2.39 bits per heavy atom. The van der Waals surface area contributed by atoms with E-state index in [0.29, 0.717) is 0 Å². The smallest absolute Gasteiger partial charge is 0.267 e. The number of H-pyrrole nitrogens is 1. The summed E-state index contributed by atoms with van der Waals surface area (Å²) in [5.41, 5.74) is 5.15. The van der Waals surface area contributed by atoms with E-state index in [2.05, 4.69) is 15.6 Å². The number of aliphatic hydroxyl groups is 1. The maximum absolute atomic E-state index is 11.9. The van der Waals surface area contributed by atoms with Crippen LogP contribution in [0.2, 0.25) is 0 Å². The number of nitrogens with two attached hydrogens (primary N) is 1. The lowest BCUT2D eigenvalue weighted by atomic mass is 10.0. The number of rotatable bonds is 8. The number of aromatic nitrogens is 1. The van der Waals surface area contributed by atoms with Crippen LogP contribution in [-0.4, -0.2) is 47.0 Å². The zero-order valence-electron chi connectivity index (χ0n) is 13.0. The highest BCUT2D eigenvalue weighted by molar-refractivity contribution is 5.96. The van der Waals surface area contributed by atoms with Gasteiger partial charge in [-0.1, -0.05) is 6.92 Å². The van der Waals surface area contributed by atoms with E-state index < -0.39 is 17.9 Å². The second kappa shape index (κ2) is 6.82. The third kappa shape index (κ3) is 4.10. The molecule has 0 aromatic carbocycles. The average molecular weight is 322 g/mol. The number of primary amides is 1. The second-order valence-corrected chi connectivity index (χ2v) is 5.86. The Balaban J connectivity index is 1.73. The predicted octanol–water partition coefficient (Wildman–Crippen LogP) is -0.489. The van der Waals surface area contributed by atoms with Crippen molar-refractivity contribution in [2.45, 2.75) is 32.3 Å². The molecule has 126 valence electrons. The molecule has 0 bridgehead atoms. The van der Waals surface area contributed by atoms with Gasteiger partial charge >= 0.3 is 0 Å². The zero-order valence-corrected chi connectivity index (χ0v) is 13.0. The van der Waals surface area contributed by atoms with Crippen molar-refractivity contribution in [1.82, 2.24) is 15.6 Å². The minimum Gasteiger partial charge on any atom is -0.389 e. The molecule has 1 aliphatic rings. The Labute approximate surface area is 133 Å². The molecule has 8 nitrogen and oxygen atoms in total. The molecule has 1 fully saturated rings. The topological polar surface area (TPSA) is 137 Å². The van der Waals surface area contributed by atoms with Gasteiger partial charge in [-0.05, 0) is 31.4 Å². The first-order valence-electron chi connectivity index (χ1n) is 7.61. The van der Waals surface area contributed by atoms with Crippen molar-refractivity contribution in [2.75, 3.05) is 13.1 Å². The zero-order chi connectivity index (χ0) is 17.0. The summed E-state index contributed by atoms with van der Waals surface area (Å²) >= 11 is 0. The molecule has 2 rings (SSSR count). The minimum absolute atomic E-state index is 0.0108. The quantitative estimate of drug-likeness (QED) is 0.441. The monoisotopic (exact) mass is 322 g/mol. The van der Waals surface area contributed by atoms with Gasteiger partial charge in [0.25, 0.3) is 11.8 Å². The number of nitrogens with one attached hydrogen (secondary N) is 3. The first kappa shape index (κ1) is 17.0. The van der Waals surface area contributed by atoms with Gasteiger partial charge in [0.2, 0.25) is 5.91 Å². The van der Waals surface area contributed by atoms with Crippen LogP contribution in [0.1, 0.15) is 47.2 Å². The summed E-state index contributed by atoms with van der Waals surface area (Å²) in [5.74, 6) is -1.16. The van der Waals surface area contributed by atoms with Crippen LogP contribution in [0.15, 0.2) is 12.1 Å². The van der Waals surface area contributed by atoms with Gasteiger partial charge < -0.3 is 26.5 Å². The predicted molar refractivity (Wildman–Crippen MR) is 82.6 cm³/mol. The Kier molecular flexibility index (Phi) is 5.05. The van der Waals surface area contributed by atoms with Crippen molar-refractivity contribution in [1.29, 1.82) is 0 Å². The van der Waals surface area contributed by atoms with Gasteiger partial charge in [0, 0.05) is 18.5 Å². The van der Waals surface area contributed by atoms with Gasteiger partial charge in [-0.25, -0.2) is 0 Å². The lowest BCUT2D eigenvalue weighted by Gasteiger charge is -2.16. The van der Waals surface area contributed by atoms with Crippen LogP contribution in [-0.2, 0) is 4.79 Å². The van der Waals surface area contributed by atoms with Crippen LogP contribution >= 0.6 is 0 Å². The van der Waals surface area contributed by atoms with E-state index in [9.17, 15) is 19.5 Å². The van der Waals surface area contributed by atoms with Crippen molar-refractivity contribution >= 4 is 17.7 Å². The number of aliphatic hydroxyl groups excluding tert-OH is 1. The van der Waals surface area contributed by atoms with Crippen LogP contribution in [0, 0.1) is 5.41 Å². The van der Waals surface area contributed by atoms with Crippen molar-refractivity contribution in [3.8, 4) is 0 Å². The minimum atomic E-state index is -0.888. The fraction of sp³-hybridized carbons (Fsp3) is 0.533. The summed E-state index contributed by atoms with van der Waals surface area (Å²) in [6.07, 6.45) is 1.68. The van der Waals surface area contributed by atoms with Crippen molar-refractivity contribution in [3.63, 3.8) is 0 Å². The van der Waals surface area contributed by atoms with E-state index in [-0.39, 0.29) is 35.8 Å². The molecule has 8 heteroatoms. The molecule has 0 saturated heterocycles. The highest BCUT2D eigenvalue weighted by Gasteiger charge is 2.47. The molecule has 1 heterocycles. The molecule has 0 radical (unpaired) electrons. The molecule has 1 aliphatic carbocycles. The lowest BCUT2D eigenvalue weighted by Crippen LogP contribution is -2.42. The largest absolute Gasteiger partial charge is 0.389 e. The third-order valence-corrected chi connectivity index (χ3v) is 4.20. The number of amides is 3. The molecule has 0 spiro atoms.